The monoisotopic (exact) mass is 365 g/mol. The largest absolute Gasteiger partial charge is 0.354 e. The Bertz CT molecular complexity index is 696. The third-order valence-corrected chi connectivity index (χ3v) is 4.31. The second kappa shape index (κ2) is 7.71. The van der Waals surface area contributed by atoms with E-state index in [1.54, 1.807) is 7.05 Å². The van der Waals surface area contributed by atoms with Gasteiger partial charge < -0.3 is 15.1 Å². The van der Waals surface area contributed by atoms with E-state index in [0.717, 1.165) is 0 Å². The number of carbonyl (C=O) groups excluding carboxylic acids is 1. The van der Waals surface area contributed by atoms with Gasteiger partial charge in [-0.25, -0.2) is 0 Å². The molecule has 1 saturated heterocycles. The van der Waals surface area contributed by atoms with E-state index in [1.165, 1.54) is 17.1 Å². The number of hydrogen-bond donors (Lipinski definition) is 1. The summed E-state index contributed by atoms with van der Waals surface area (Å²) in [5, 5.41) is 17.9. The number of amides is 1. The molecule has 1 fully saturated rings. The minimum atomic E-state index is -0.474. The molecule has 0 saturated carbocycles. The summed E-state index contributed by atoms with van der Waals surface area (Å²) in [4.78, 5) is 30.9. The number of nitrogens with one attached hydrogen (secondary N) is 1. The van der Waals surface area contributed by atoms with Gasteiger partial charge in [-0.3, -0.25) is 24.6 Å². The molecule has 1 aromatic heterocycles. The van der Waals surface area contributed by atoms with Crippen LogP contribution in [-0.2, 0) is 11.3 Å². The van der Waals surface area contributed by atoms with Crippen LogP contribution >= 0.6 is 0 Å². The summed E-state index contributed by atoms with van der Waals surface area (Å²) in [6.07, 6.45) is 2.61. The van der Waals surface area contributed by atoms with Crippen molar-refractivity contribution in [2.75, 3.05) is 26.7 Å². The van der Waals surface area contributed by atoms with E-state index in [9.17, 15) is 14.9 Å². The highest BCUT2D eigenvalue weighted by Gasteiger charge is 2.40. The van der Waals surface area contributed by atoms with Gasteiger partial charge in [0.2, 0.25) is 5.91 Å². The van der Waals surface area contributed by atoms with Gasteiger partial charge in [0, 0.05) is 26.2 Å². The van der Waals surface area contributed by atoms with E-state index in [0.29, 0.717) is 25.6 Å². The lowest BCUT2D eigenvalue weighted by atomic mass is 9.96. The molecule has 0 spiro atoms. The van der Waals surface area contributed by atoms with Crippen molar-refractivity contribution < 1.29 is 9.72 Å². The maximum absolute atomic E-state index is 12.6. The maximum Gasteiger partial charge on any atom is 0.306 e. The summed E-state index contributed by atoms with van der Waals surface area (Å²) in [5.41, 5.74) is -0.337. The van der Waals surface area contributed by atoms with Crippen molar-refractivity contribution in [3.8, 4) is 0 Å². The predicted molar refractivity (Wildman–Crippen MR) is 97.9 cm³/mol. The molecular weight excluding hydrogens is 338 g/mol. The first kappa shape index (κ1) is 19.7. The molecule has 0 radical (unpaired) electrons. The van der Waals surface area contributed by atoms with Crippen LogP contribution in [0.5, 0.6) is 0 Å². The number of rotatable bonds is 5. The van der Waals surface area contributed by atoms with Crippen molar-refractivity contribution >= 4 is 17.6 Å². The van der Waals surface area contributed by atoms with Crippen LogP contribution in [0.1, 0.15) is 27.7 Å². The Kier molecular flexibility index (Phi) is 5.83. The van der Waals surface area contributed by atoms with Gasteiger partial charge in [-0.1, -0.05) is 0 Å². The molecule has 0 atom stereocenters. The summed E-state index contributed by atoms with van der Waals surface area (Å²) in [5.74, 6) is 0.707. The Morgan fingerprint density at radius 3 is 2.69 bits per heavy atom. The average Bonchev–Trinajstić information content (AvgIpc) is 2.98. The smallest absolute Gasteiger partial charge is 0.306 e. The zero-order valence-electron chi connectivity index (χ0n) is 16.0. The van der Waals surface area contributed by atoms with Crippen molar-refractivity contribution in [3.63, 3.8) is 0 Å². The number of piperazine rings is 1. The van der Waals surface area contributed by atoms with Gasteiger partial charge in [-0.2, -0.15) is 5.10 Å². The van der Waals surface area contributed by atoms with Crippen LogP contribution in [0.4, 0.5) is 5.69 Å². The Morgan fingerprint density at radius 1 is 1.50 bits per heavy atom. The Balaban J connectivity index is 1.96. The lowest BCUT2D eigenvalue weighted by Crippen LogP contribution is -2.66. The molecule has 1 aromatic rings. The summed E-state index contributed by atoms with van der Waals surface area (Å²) in [6, 6.07) is 0.144. The molecule has 1 aliphatic heterocycles. The number of guanidine groups is 1. The average molecular weight is 365 g/mol. The number of hydrogen-bond acceptors (Lipinski definition) is 5. The first-order chi connectivity index (χ1) is 12.2. The molecule has 10 nitrogen and oxygen atoms in total. The van der Waals surface area contributed by atoms with Gasteiger partial charge in [0.05, 0.1) is 23.6 Å². The van der Waals surface area contributed by atoms with Crippen LogP contribution < -0.4 is 5.32 Å². The quantitative estimate of drug-likeness (QED) is 0.356. The maximum atomic E-state index is 12.6. The summed E-state index contributed by atoms with van der Waals surface area (Å²) in [6.45, 7) is 10.0. The molecule has 1 N–H and O–H groups in total. The van der Waals surface area contributed by atoms with Crippen molar-refractivity contribution in [3.05, 3.63) is 22.5 Å². The van der Waals surface area contributed by atoms with Gasteiger partial charge in [0.25, 0.3) is 0 Å². The van der Waals surface area contributed by atoms with Crippen LogP contribution in [0.3, 0.4) is 0 Å². The van der Waals surface area contributed by atoms with E-state index in [4.69, 9.17) is 0 Å². The molecule has 10 heteroatoms. The highest BCUT2D eigenvalue weighted by molar-refractivity contribution is 5.88. The third kappa shape index (κ3) is 4.30. The van der Waals surface area contributed by atoms with Crippen LogP contribution in [0.2, 0.25) is 0 Å². The molecule has 26 heavy (non-hydrogen) atoms. The Labute approximate surface area is 153 Å². The first-order valence-electron chi connectivity index (χ1n) is 8.60. The minimum Gasteiger partial charge on any atom is -0.354 e. The van der Waals surface area contributed by atoms with Crippen molar-refractivity contribution in [2.24, 2.45) is 4.99 Å². The second-order valence-corrected chi connectivity index (χ2v) is 7.22. The standard InChI is InChI=1S/C16H27N7O3/c1-12(2)22-14(24)10-20(11-16(22,3)4)15(17-5)18-6-7-21-9-13(8-19-21)23(25)26/h8-9,12H,6-7,10-11H2,1-5H3,(H,17,18). The normalized spacial score (nSPS) is 17.8. The summed E-state index contributed by atoms with van der Waals surface area (Å²) in [7, 11) is 1.67. The van der Waals surface area contributed by atoms with E-state index in [1.807, 2.05) is 37.5 Å². The number of aliphatic imine (C=N–C) groups is 1. The molecule has 0 unspecified atom stereocenters. The van der Waals surface area contributed by atoms with Gasteiger partial charge in [0.1, 0.15) is 12.4 Å². The van der Waals surface area contributed by atoms with Crippen molar-refractivity contribution in [1.82, 2.24) is 24.9 Å². The Morgan fingerprint density at radius 2 is 2.19 bits per heavy atom. The third-order valence-electron chi connectivity index (χ3n) is 4.31. The lowest BCUT2D eigenvalue weighted by Gasteiger charge is -2.49. The molecule has 0 aliphatic carbocycles. The predicted octanol–water partition coefficient (Wildman–Crippen LogP) is 0.698. The zero-order chi connectivity index (χ0) is 19.5. The summed E-state index contributed by atoms with van der Waals surface area (Å²) >= 11 is 0. The molecule has 0 aromatic carbocycles. The van der Waals surface area contributed by atoms with E-state index in [2.05, 4.69) is 15.4 Å². The zero-order valence-corrected chi connectivity index (χ0v) is 16.0. The molecule has 144 valence electrons. The first-order valence-corrected chi connectivity index (χ1v) is 8.60. The highest BCUT2D eigenvalue weighted by Crippen LogP contribution is 2.24. The number of aromatic nitrogens is 2. The molecule has 0 bridgehead atoms. The highest BCUT2D eigenvalue weighted by atomic mass is 16.6. The molecule has 1 aliphatic rings. The fourth-order valence-corrected chi connectivity index (χ4v) is 3.50. The SMILES string of the molecule is CN=C(NCCn1cc([N+](=O)[O-])cn1)N1CC(=O)N(C(C)C)C(C)(C)C1. The minimum absolute atomic E-state index is 0.0356. The van der Waals surface area contributed by atoms with Gasteiger partial charge in [0.15, 0.2) is 5.96 Å². The second-order valence-electron chi connectivity index (χ2n) is 7.22. The fraction of sp³-hybridized carbons (Fsp3) is 0.688. The van der Waals surface area contributed by atoms with Crippen molar-refractivity contribution in [2.45, 2.75) is 45.8 Å². The fourth-order valence-electron chi connectivity index (χ4n) is 3.50. The molecule has 1 amide bonds. The Hall–Kier alpha value is -2.65. The van der Waals surface area contributed by atoms with Crippen LogP contribution in [0.15, 0.2) is 17.4 Å². The molecular formula is C16H27N7O3. The van der Waals surface area contributed by atoms with Crippen molar-refractivity contribution in [1.29, 1.82) is 0 Å². The lowest BCUT2D eigenvalue weighted by molar-refractivity contribution is -0.385. The number of nitro groups is 1. The molecule has 2 rings (SSSR count). The topological polar surface area (TPSA) is 109 Å². The number of carbonyl (C=O) groups is 1. The van der Waals surface area contributed by atoms with Crippen LogP contribution in [0, 0.1) is 10.1 Å². The van der Waals surface area contributed by atoms with Gasteiger partial charge >= 0.3 is 5.69 Å². The molecule has 2 heterocycles. The van der Waals surface area contributed by atoms with E-state index >= 15 is 0 Å². The van der Waals surface area contributed by atoms with Crippen LogP contribution in [-0.4, -0.2) is 74.6 Å². The van der Waals surface area contributed by atoms with E-state index < -0.39 is 4.92 Å². The van der Waals surface area contributed by atoms with Gasteiger partial charge in [-0.15, -0.1) is 0 Å². The van der Waals surface area contributed by atoms with Crippen LogP contribution in [0.25, 0.3) is 0 Å². The number of nitrogens with zero attached hydrogens (tertiary/aromatic N) is 6. The summed E-state index contributed by atoms with van der Waals surface area (Å²) < 4.78 is 1.50. The van der Waals surface area contributed by atoms with E-state index in [-0.39, 0.29) is 29.7 Å². The van der Waals surface area contributed by atoms with Gasteiger partial charge in [-0.05, 0) is 27.7 Å².